The van der Waals surface area contributed by atoms with Crippen molar-refractivity contribution in [2.24, 2.45) is 0 Å². The Morgan fingerprint density at radius 3 is 2.18 bits per heavy atom. The van der Waals surface area contributed by atoms with Crippen LogP contribution in [0.2, 0.25) is 0 Å². The van der Waals surface area contributed by atoms with Crippen molar-refractivity contribution in [1.29, 1.82) is 0 Å². The molecule has 0 aliphatic heterocycles. The first kappa shape index (κ1) is 26.7. The zero-order chi connectivity index (χ0) is 25.1. The molecular formula is C26H38N2O4S. The number of ether oxygens (including phenoxy) is 1. The number of carbonyl (C=O) groups excluding carboxylic acids is 1. The van der Waals surface area contributed by atoms with Crippen LogP contribution in [0.5, 0.6) is 5.75 Å². The quantitative estimate of drug-likeness (QED) is 0.544. The molecule has 7 heteroatoms. The average molecular weight is 475 g/mol. The molecule has 0 aliphatic rings. The van der Waals surface area contributed by atoms with Gasteiger partial charge in [0.25, 0.3) is 0 Å². The highest BCUT2D eigenvalue weighted by atomic mass is 32.2. The third-order valence-corrected chi connectivity index (χ3v) is 7.16. The largest absolute Gasteiger partial charge is 0.496 e. The number of nitrogens with one attached hydrogen (secondary N) is 1. The highest BCUT2D eigenvalue weighted by Gasteiger charge is 2.33. The van der Waals surface area contributed by atoms with Crippen LogP contribution in [0.3, 0.4) is 0 Å². The van der Waals surface area contributed by atoms with E-state index in [1.807, 2.05) is 58.9 Å². The summed E-state index contributed by atoms with van der Waals surface area (Å²) in [6.07, 6.45) is 1.49. The first-order chi connectivity index (χ1) is 15.3. The van der Waals surface area contributed by atoms with Crippen molar-refractivity contribution in [2.75, 3.05) is 17.7 Å². The van der Waals surface area contributed by atoms with Crippen molar-refractivity contribution < 1.29 is 17.9 Å². The summed E-state index contributed by atoms with van der Waals surface area (Å²) in [6.45, 7) is 13.7. The number of sulfonamides is 1. The number of amides is 1. The first-order valence-electron chi connectivity index (χ1n) is 11.4. The number of rotatable bonds is 9. The van der Waals surface area contributed by atoms with E-state index in [0.717, 1.165) is 39.8 Å². The van der Waals surface area contributed by atoms with E-state index in [9.17, 15) is 13.2 Å². The van der Waals surface area contributed by atoms with Crippen LogP contribution in [0, 0.1) is 20.8 Å². The highest BCUT2D eigenvalue weighted by Crippen LogP contribution is 2.33. The minimum atomic E-state index is -3.69. The van der Waals surface area contributed by atoms with Gasteiger partial charge in [-0.1, -0.05) is 32.9 Å². The van der Waals surface area contributed by atoms with Gasteiger partial charge in [0.1, 0.15) is 11.8 Å². The Labute approximate surface area is 199 Å². The number of anilines is 1. The third kappa shape index (κ3) is 6.08. The topological polar surface area (TPSA) is 75.7 Å². The van der Waals surface area contributed by atoms with E-state index < -0.39 is 16.1 Å². The molecule has 0 spiro atoms. The molecule has 0 saturated carbocycles. The third-order valence-electron chi connectivity index (χ3n) is 6.00. The van der Waals surface area contributed by atoms with E-state index in [1.54, 1.807) is 7.11 Å². The predicted octanol–water partition coefficient (Wildman–Crippen LogP) is 5.17. The molecule has 2 unspecified atom stereocenters. The monoisotopic (exact) mass is 474 g/mol. The molecule has 0 saturated heterocycles. The van der Waals surface area contributed by atoms with Gasteiger partial charge < -0.3 is 10.1 Å². The summed E-state index contributed by atoms with van der Waals surface area (Å²) in [5.41, 5.74) is 5.34. The smallest absolute Gasteiger partial charge is 0.244 e. The lowest BCUT2D eigenvalue weighted by Gasteiger charge is -2.32. The van der Waals surface area contributed by atoms with Crippen LogP contribution >= 0.6 is 0 Å². The minimum Gasteiger partial charge on any atom is -0.496 e. The second-order valence-electron chi connectivity index (χ2n) is 9.11. The summed E-state index contributed by atoms with van der Waals surface area (Å²) in [5, 5.41) is 3.06. The number of methoxy groups -OCH3 is 1. The fraction of sp³-hybridized carbons (Fsp3) is 0.500. The Morgan fingerprint density at radius 1 is 1.03 bits per heavy atom. The van der Waals surface area contributed by atoms with Crippen molar-refractivity contribution in [2.45, 2.75) is 72.9 Å². The molecule has 0 aliphatic carbocycles. The summed E-state index contributed by atoms with van der Waals surface area (Å²) in [7, 11) is -2.04. The number of hydrogen-bond donors (Lipinski definition) is 1. The maximum atomic E-state index is 13.4. The van der Waals surface area contributed by atoms with Gasteiger partial charge in [-0.2, -0.15) is 0 Å². The normalized spacial score (nSPS) is 13.5. The molecule has 1 N–H and O–H groups in total. The highest BCUT2D eigenvalue weighted by molar-refractivity contribution is 7.92. The number of hydrogen-bond acceptors (Lipinski definition) is 4. The number of carbonyl (C=O) groups is 1. The Hall–Kier alpha value is -2.54. The molecule has 0 aromatic heterocycles. The minimum absolute atomic E-state index is 0.260. The van der Waals surface area contributed by atoms with E-state index in [0.29, 0.717) is 12.1 Å². The number of nitrogens with zero attached hydrogens (tertiary/aromatic N) is 1. The molecule has 0 bridgehead atoms. The average Bonchev–Trinajstić information content (AvgIpc) is 2.72. The van der Waals surface area contributed by atoms with Gasteiger partial charge >= 0.3 is 0 Å². The van der Waals surface area contributed by atoms with Crippen LogP contribution in [-0.2, 0) is 14.8 Å². The van der Waals surface area contributed by atoms with Gasteiger partial charge in [0.05, 0.1) is 25.1 Å². The molecule has 33 heavy (non-hydrogen) atoms. The molecule has 2 rings (SSSR count). The summed E-state index contributed by atoms with van der Waals surface area (Å²) >= 11 is 0. The Balaban J connectivity index is 2.44. The van der Waals surface area contributed by atoms with Crippen molar-refractivity contribution >= 4 is 21.6 Å². The lowest BCUT2D eigenvalue weighted by molar-refractivity contribution is -0.122. The summed E-state index contributed by atoms with van der Waals surface area (Å²) in [4.78, 5) is 13.4. The molecule has 6 nitrogen and oxygen atoms in total. The zero-order valence-electron chi connectivity index (χ0n) is 21.3. The van der Waals surface area contributed by atoms with Crippen LogP contribution in [0.1, 0.15) is 73.9 Å². The van der Waals surface area contributed by atoms with Gasteiger partial charge in [0.15, 0.2) is 0 Å². The standard InChI is InChI=1S/C26H38N2O4S/c1-10-23(28(33(9,30)31)24-13-17(4)11-12-18(24)5)26(29)27-20(7)22-15-21(16(2)3)25(32-8)14-19(22)6/h11-16,20,23H,10H2,1-9H3,(H,27,29). The number of benzene rings is 2. The molecule has 0 radical (unpaired) electrons. The molecule has 0 heterocycles. The summed E-state index contributed by atoms with van der Waals surface area (Å²) < 4.78 is 32.5. The van der Waals surface area contributed by atoms with Crippen molar-refractivity contribution in [3.05, 3.63) is 58.1 Å². The van der Waals surface area contributed by atoms with E-state index in [2.05, 4.69) is 25.2 Å². The van der Waals surface area contributed by atoms with Crippen LogP contribution in [0.15, 0.2) is 30.3 Å². The predicted molar refractivity (Wildman–Crippen MR) is 136 cm³/mol. The fourth-order valence-electron chi connectivity index (χ4n) is 4.19. The van der Waals surface area contributed by atoms with Gasteiger partial charge in [-0.15, -0.1) is 0 Å². The van der Waals surface area contributed by atoms with Crippen molar-refractivity contribution in [3.8, 4) is 5.75 Å². The van der Waals surface area contributed by atoms with Crippen LogP contribution < -0.4 is 14.4 Å². The Bertz CT molecular complexity index is 1110. The molecule has 2 atom stereocenters. The molecular weight excluding hydrogens is 436 g/mol. The maximum absolute atomic E-state index is 13.4. The maximum Gasteiger partial charge on any atom is 0.244 e. The Kier molecular flexibility index (Phi) is 8.57. The van der Waals surface area contributed by atoms with E-state index in [1.165, 1.54) is 4.31 Å². The SMILES string of the molecule is CCC(C(=O)NC(C)c1cc(C(C)C)c(OC)cc1C)N(c1cc(C)ccc1C)S(C)(=O)=O. The second-order valence-corrected chi connectivity index (χ2v) is 11.0. The van der Waals surface area contributed by atoms with Gasteiger partial charge in [-0.05, 0) is 86.1 Å². The summed E-state index contributed by atoms with van der Waals surface area (Å²) in [5.74, 6) is 0.766. The van der Waals surface area contributed by atoms with E-state index >= 15 is 0 Å². The van der Waals surface area contributed by atoms with Gasteiger partial charge in [0.2, 0.25) is 15.9 Å². The van der Waals surface area contributed by atoms with Gasteiger partial charge in [-0.3, -0.25) is 9.10 Å². The fourth-order valence-corrected chi connectivity index (χ4v) is 5.45. The molecule has 2 aromatic rings. The zero-order valence-corrected chi connectivity index (χ0v) is 22.1. The molecule has 2 aromatic carbocycles. The first-order valence-corrected chi connectivity index (χ1v) is 13.2. The molecule has 182 valence electrons. The Morgan fingerprint density at radius 2 is 1.67 bits per heavy atom. The molecule has 0 fully saturated rings. The van der Waals surface area contributed by atoms with Gasteiger partial charge in [0, 0.05) is 0 Å². The van der Waals surface area contributed by atoms with E-state index in [-0.39, 0.29) is 17.9 Å². The van der Waals surface area contributed by atoms with Crippen LogP contribution in [-0.4, -0.2) is 33.7 Å². The lowest BCUT2D eigenvalue weighted by Crippen LogP contribution is -2.50. The van der Waals surface area contributed by atoms with Crippen LogP contribution in [0.25, 0.3) is 0 Å². The second kappa shape index (κ2) is 10.6. The van der Waals surface area contributed by atoms with E-state index in [4.69, 9.17) is 4.74 Å². The van der Waals surface area contributed by atoms with Gasteiger partial charge in [-0.25, -0.2) is 8.42 Å². The molecule has 1 amide bonds. The lowest BCUT2D eigenvalue weighted by atomic mass is 9.93. The number of aryl methyl sites for hydroxylation is 3. The van der Waals surface area contributed by atoms with Crippen molar-refractivity contribution in [3.63, 3.8) is 0 Å². The van der Waals surface area contributed by atoms with Crippen molar-refractivity contribution in [1.82, 2.24) is 5.32 Å². The van der Waals surface area contributed by atoms with Crippen LogP contribution in [0.4, 0.5) is 5.69 Å². The summed E-state index contributed by atoms with van der Waals surface area (Å²) in [6, 6.07) is 8.54.